The number of cyclic esters (lactones) is 2. The van der Waals surface area contributed by atoms with Gasteiger partial charge in [0.2, 0.25) is 5.92 Å². The fourth-order valence-corrected chi connectivity index (χ4v) is 3.78. The minimum atomic E-state index is -1.78. The van der Waals surface area contributed by atoms with Gasteiger partial charge >= 0.3 is 11.9 Å². The average Bonchev–Trinajstić information content (AvgIpc) is 2.51. The Bertz CT molecular complexity index is 801. The largest absolute Gasteiger partial charge is 0.598 e. The predicted octanol–water partition coefficient (Wildman–Crippen LogP) is 2.50. The molecule has 160 valence electrons. The van der Waals surface area contributed by atoms with Crippen LogP contribution in [0.3, 0.4) is 0 Å². The second-order valence-corrected chi connectivity index (χ2v) is 10.6. The maximum Gasteiger partial charge on any atom is 0.331 e. The standard InChI is InChI=1S/C20H26FNO6S/c1-18(2,3)29(26)22-20(6,12-9-7-8-10-13(12)21)11-14(23)15-16(24)27-19(4,5)28-17(15)25/h7-10,15,22H,11H2,1-6H3. The number of nitrogens with one attached hydrogen (secondary N) is 1. The number of hydrogen-bond acceptors (Lipinski definition) is 7. The first-order chi connectivity index (χ1) is 13.2. The monoisotopic (exact) mass is 427 g/mol. The zero-order chi connectivity index (χ0) is 22.2. The molecular weight excluding hydrogens is 401 g/mol. The normalized spacial score (nSPS) is 20.4. The van der Waals surface area contributed by atoms with Crippen molar-refractivity contribution in [2.75, 3.05) is 0 Å². The van der Waals surface area contributed by atoms with E-state index < -0.39 is 63.3 Å². The molecule has 0 bridgehead atoms. The van der Waals surface area contributed by atoms with Crippen LogP contribution in [-0.4, -0.2) is 32.8 Å². The van der Waals surface area contributed by atoms with Crippen LogP contribution in [0.2, 0.25) is 0 Å². The summed E-state index contributed by atoms with van der Waals surface area (Å²) in [5, 5.41) is 0. The molecule has 0 aliphatic carbocycles. The highest BCUT2D eigenvalue weighted by Crippen LogP contribution is 2.33. The summed E-state index contributed by atoms with van der Waals surface area (Å²) in [7, 11) is 0. The number of Topliss-reactive ketones (excluding diaryl/α,β-unsaturated/α-hetero) is 1. The van der Waals surface area contributed by atoms with Gasteiger partial charge in [0, 0.05) is 37.2 Å². The van der Waals surface area contributed by atoms with Gasteiger partial charge in [-0.15, -0.1) is 4.72 Å². The zero-order valence-corrected chi connectivity index (χ0v) is 18.1. The molecule has 2 atom stereocenters. The predicted molar refractivity (Wildman–Crippen MR) is 104 cm³/mol. The number of ether oxygens (including phenoxy) is 2. The summed E-state index contributed by atoms with van der Waals surface area (Å²) >= 11 is -1.67. The number of benzene rings is 1. The molecule has 0 saturated carbocycles. The Kier molecular flexibility index (Phi) is 6.46. The van der Waals surface area contributed by atoms with Crippen molar-refractivity contribution in [3.8, 4) is 0 Å². The number of hydrogen-bond donors (Lipinski definition) is 1. The van der Waals surface area contributed by atoms with Crippen molar-refractivity contribution in [3.63, 3.8) is 0 Å². The second-order valence-electron chi connectivity index (χ2n) is 8.61. The lowest BCUT2D eigenvalue weighted by atomic mass is 9.84. The van der Waals surface area contributed by atoms with Crippen molar-refractivity contribution in [1.29, 1.82) is 0 Å². The van der Waals surface area contributed by atoms with Crippen LogP contribution in [0, 0.1) is 11.7 Å². The Balaban J connectivity index is 2.38. The minimum absolute atomic E-state index is 0.0869. The number of halogens is 1. The van der Waals surface area contributed by atoms with Gasteiger partial charge in [0.25, 0.3) is 5.79 Å². The molecule has 1 aliphatic heterocycles. The van der Waals surface area contributed by atoms with Crippen molar-refractivity contribution in [1.82, 2.24) is 4.72 Å². The topological polar surface area (TPSA) is 105 Å². The van der Waals surface area contributed by atoms with Gasteiger partial charge in [0.1, 0.15) is 10.6 Å². The van der Waals surface area contributed by atoms with Gasteiger partial charge in [0.05, 0.1) is 5.54 Å². The molecule has 1 N–H and O–H groups in total. The first-order valence-corrected chi connectivity index (χ1v) is 10.2. The number of rotatable bonds is 6. The van der Waals surface area contributed by atoms with Gasteiger partial charge < -0.3 is 14.0 Å². The second kappa shape index (κ2) is 8.04. The van der Waals surface area contributed by atoms with Gasteiger partial charge in [-0.2, -0.15) is 0 Å². The lowest BCUT2D eigenvalue weighted by molar-refractivity contribution is -0.238. The molecule has 0 radical (unpaired) electrons. The van der Waals surface area contributed by atoms with Crippen molar-refractivity contribution in [3.05, 3.63) is 35.6 Å². The summed E-state index contributed by atoms with van der Waals surface area (Å²) in [5.41, 5.74) is -1.36. The summed E-state index contributed by atoms with van der Waals surface area (Å²) in [6.45, 7) is 9.41. The zero-order valence-electron chi connectivity index (χ0n) is 17.3. The van der Waals surface area contributed by atoms with E-state index in [0.29, 0.717) is 0 Å². The molecule has 1 saturated heterocycles. The number of ketones is 1. The Labute approximate surface area is 172 Å². The number of esters is 2. The summed E-state index contributed by atoms with van der Waals surface area (Å²) in [5.74, 6) is -6.73. The van der Waals surface area contributed by atoms with Crippen LogP contribution >= 0.6 is 0 Å². The fourth-order valence-electron chi connectivity index (χ4n) is 2.89. The molecule has 1 aromatic carbocycles. The average molecular weight is 427 g/mol. The fraction of sp³-hybridized carbons (Fsp3) is 0.550. The Morgan fingerprint density at radius 3 is 2.17 bits per heavy atom. The summed E-state index contributed by atoms with van der Waals surface area (Å²) in [6, 6.07) is 5.73. The van der Waals surface area contributed by atoms with E-state index >= 15 is 0 Å². The lowest BCUT2D eigenvalue weighted by Crippen LogP contribution is -2.54. The lowest BCUT2D eigenvalue weighted by Gasteiger charge is -2.36. The highest BCUT2D eigenvalue weighted by Gasteiger charge is 2.50. The van der Waals surface area contributed by atoms with Gasteiger partial charge in [-0.05, 0) is 33.8 Å². The quantitative estimate of drug-likeness (QED) is 0.422. The van der Waals surface area contributed by atoms with Crippen molar-refractivity contribution >= 4 is 29.1 Å². The van der Waals surface area contributed by atoms with E-state index in [9.17, 15) is 23.3 Å². The maximum absolute atomic E-state index is 14.5. The molecule has 9 heteroatoms. The van der Waals surface area contributed by atoms with Crippen LogP contribution in [-0.2, 0) is 40.8 Å². The molecular formula is C20H26FNO6S. The van der Waals surface area contributed by atoms with Crippen LogP contribution in [0.1, 0.15) is 53.5 Å². The molecule has 7 nitrogen and oxygen atoms in total. The van der Waals surface area contributed by atoms with Gasteiger partial charge in [0.15, 0.2) is 5.78 Å². The third-order valence-electron chi connectivity index (χ3n) is 4.36. The highest BCUT2D eigenvalue weighted by atomic mass is 32.2. The molecule has 2 unspecified atom stereocenters. The van der Waals surface area contributed by atoms with Gasteiger partial charge in [-0.3, -0.25) is 14.4 Å². The molecule has 2 rings (SSSR count). The first-order valence-electron chi connectivity index (χ1n) is 9.09. The molecule has 0 spiro atoms. The van der Waals surface area contributed by atoms with Crippen molar-refractivity contribution in [2.45, 2.75) is 64.0 Å². The van der Waals surface area contributed by atoms with Crippen LogP contribution in [0.25, 0.3) is 0 Å². The highest BCUT2D eigenvalue weighted by molar-refractivity contribution is 7.90. The minimum Gasteiger partial charge on any atom is -0.598 e. The van der Waals surface area contributed by atoms with Gasteiger partial charge in [-0.1, -0.05) is 18.2 Å². The van der Waals surface area contributed by atoms with Crippen LogP contribution in [0.15, 0.2) is 24.3 Å². The van der Waals surface area contributed by atoms with E-state index in [4.69, 9.17) is 9.47 Å². The Morgan fingerprint density at radius 1 is 1.17 bits per heavy atom. The van der Waals surface area contributed by atoms with Crippen LogP contribution in [0.5, 0.6) is 0 Å². The summed E-state index contributed by atoms with van der Waals surface area (Å²) < 4.78 is 39.4. The molecule has 0 amide bonds. The van der Waals surface area contributed by atoms with E-state index in [1.54, 1.807) is 26.8 Å². The van der Waals surface area contributed by atoms with E-state index in [1.165, 1.54) is 39.0 Å². The van der Waals surface area contributed by atoms with Crippen LogP contribution in [0.4, 0.5) is 4.39 Å². The van der Waals surface area contributed by atoms with E-state index in [0.717, 1.165) is 0 Å². The molecule has 1 aromatic rings. The smallest absolute Gasteiger partial charge is 0.331 e. The van der Waals surface area contributed by atoms with E-state index in [2.05, 4.69) is 4.72 Å². The van der Waals surface area contributed by atoms with E-state index in [-0.39, 0.29) is 5.56 Å². The van der Waals surface area contributed by atoms with E-state index in [1.807, 2.05) is 0 Å². The Hall–Kier alpha value is -1.97. The third-order valence-corrected chi connectivity index (χ3v) is 6.10. The maximum atomic E-state index is 14.5. The van der Waals surface area contributed by atoms with Gasteiger partial charge in [-0.25, -0.2) is 4.39 Å². The number of carbonyl (C=O) groups excluding carboxylic acids is 3. The SMILES string of the molecule is CC1(C)OC(=O)C(C(=O)CC(C)(N[S+]([O-])C(C)(C)C)c2ccccc2F)C(=O)O1. The van der Waals surface area contributed by atoms with Crippen molar-refractivity contribution < 1.29 is 32.8 Å². The summed E-state index contributed by atoms with van der Waals surface area (Å²) in [6.07, 6.45) is -0.481. The molecule has 29 heavy (non-hydrogen) atoms. The number of carbonyl (C=O) groups is 3. The van der Waals surface area contributed by atoms with Crippen molar-refractivity contribution in [2.24, 2.45) is 5.92 Å². The summed E-state index contributed by atoms with van der Waals surface area (Å²) in [4.78, 5) is 37.4. The van der Waals surface area contributed by atoms with Crippen LogP contribution < -0.4 is 4.72 Å². The molecule has 1 aliphatic rings. The third kappa shape index (κ3) is 5.34. The molecule has 0 aromatic heterocycles. The first kappa shape index (κ1) is 23.3. The molecule has 1 fully saturated rings. The Morgan fingerprint density at radius 2 is 1.69 bits per heavy atom. The molecule has 1 heterocycles.